The Balaban J connectivity index is 3.05. The highest BCUT2D eigenvalue weighted by Gasteiger charge is 2.05. The van der Waals surface area contributed by atoms with Crippen molar-refractivity contribution in [3.63, 3.8) is 0 Å². The largest absolute Gasteiger partial charge is 0.805 e. The number of hydrogen-bond donors (Lipinski definition) is 0. The quantitative estimate of drug-likeness (QED) is 0.500. The summed E-state index contributed by atoms with van der Waals surface area (Å²) in [7, 11) is 0. The molecule has 0 bridgehead atoms. The Morgan fingerprint density at radius 1 is 1.42 bits per heavy atom. The van der Waals surface area contributed by atoms with Gasteiger partial charge in [0.25, 0.3) is 0 Å². The highest BCUT2D eigenvalue weighted by molar-refractivity contribution is 5.68. The van der Waals surface area contributed by atoms with Crippen molar-refractivity contribution in [2.75, 3.05) is 0 Å². The average molecular weight is 164 g/mol. The Hall–Kier alpha value is -1.98. The zero-order chi connectivity index (χ0) is 8.55. The van der Waals surface area contributed by atoms with E-state index >= 15 is 0 Å². The molecule has 0 atom stereocenters. The van der Waals surface area contributed by atoms with E-state index in [0.717, 1.165) is 12.4 Å². The van der Waals surface area contributed by atoms with Crippen molar-refractivity contribution in [3.8, 4) is 0 Å². The smallest absolute Gasteiger partial charge is 0.307 e. The van der Waals surface area contributed by atoms with Crippen molar-refractivity contribution in [2.45, 2.75) is 0 Å². The predicted octanol–water partition coefficient (Wildman–Crippen LogP) is -0.308. The fourth-order valence-electron chi connectivity index (χ4n) is 0.930. The maximum Gasteiger partial charge on any atom is 0.307 e. The van der Waals surface area contributed by atoms with Gasteiger partial charge >= 0.3 is 5.52 Å². The summed E-state index contributed by atoms with van der Waals surface area (Å²) in [6.07, 6.45) is 4.74. The highest BCUT2D eigenvalue weighted by atomic mass is 16.5. The van der Waals surface area contributed by atoms with E-state index in [9.17, 15) is 10.1 Å². The first-order valence-electron chi connectivity index (χ1n) is 3.21. The Morgan fingerprint density at radius 3 is 2.92 bits per heavy atom. The van der Waals surface area contributed by atoms with E-state index in [2.05, 4.69) is 10.2 Å². The van der Waals surface area contributed by atoms with Crippen LogP contribution in [0.4, 0.5) is 0 Å². The van der Waals surface area contributed by atoms with Crippen LogP contribution in [-0.4, -0.2) is 14.9 Å². The topological polar surface area (TPSA) is 76.7 Å². The number of hydrogen-bond acceptors (Lipinski definition) is 4. The van der Waals surface area contributed by atoms with Crippen molar-refractivity contribution < 1.29 is 4.43 Å². The van der Waals surface area contributed by atoms with Crippen molar-refractivity contribution in [2.24, 2.45) is 0 Å². The Morgan fingerprint density at radius 2 is 2.17 bits per heavy atom. The molecule has 0 spiro atoms. The second kappa shape index (κ2) is 2.26. The predicted molar refractivity (Wildman–Crippen MR) is 39.7 cm³/mol. The van der Waals surface area contributed by atoms with Crippen LogP contribution in [0, 0.1) is 10.1 Å². The van der Waals surface area contributed by atoms with E-state index in [1.54, 1.807) is 0 Å². The lowest BCUT2D eigenvalue weighted by atomic mass is 10.4. The normalized spacial score (nSPS) is 10.3. The zero-order valence-corrected chi connectivity index (χ0v) is 5.91. The maximum absolute atomic E-state index is 11.0. The average Bonchev–Trinajstić information content (AvgIpc) is 2.12. The molecule has 0 amide bonds. The lowest BCUT2D eigenvalue weighted by molar-refractivity contribution is -0.464. The van der Waals surface area contributed by atoms with Crippen molar-refractivity contribution in [3.05, 3.63) is 34.9 Å². The molecule has 0 unspecified atom stereocenters. The van der Waals surface area contributed by atoms with E-state index in [4.69, 9.17) is 0 Å². The minimum Gasteiger partial charge on any atom is -0.805 e. The summed E-state index contributed by atoms with van der Waals surface area (Å²) in [6.45, 7) is 0. The van der Waals surface area contributed by atoms with Crippen LogP contribution in [-0.2, 0) is 0 Å². The van der Waals surface area contributed by atoms with Gasteiger partial charge in [0.1, 0.15) is 11.7 Å². The molecule has 0 saturated heterocycles. The second-order valence-electron chi connectivity index (χ2n) is 2.21. The van der Waals surface area contributed by atoms with Gasteiger partial charge < -0.3 is 9.94 Å². The molecule has 0 fully saturated rings. The molecule has 6 heteroatoms. The molecule has 0 aliphatic carbocycles. The molecule has 2 aromatic rings. The first-order chi connectivity index (χ1) is 5.79. The number of aromatic nitrogens is 4. The van der Waals surface area contributed by atoms with Crippen LogP contribution in [0.5, 0.6) is 0 Å². The molecule has 12 heavy (non-hydrogen) atoms. The van der Waals surface area contributed by atoms with Gasteiger partial charge in [-0.15, -0.1) is 0 Å². The van der Waals surface area contributed by atoms with Crippen LogP contribution in [0.25, 0.3) is 11.0 Å². The number of rotatable bonds is 0. The molecule has 6 nitrogen and oxygen atoms in total. The van der Waals surface area contributed by atoms with Crippen LogP contribution < -0.4 is 4.43 Å². The third kappa shape index (κ3) is 0.815. The summed E-state index contributed by atoms with van der Waals surface area (Å²) < 4.78 is 1.14. The summed E-state index contributed by atoms with van der Waals surface area (Å²) in [5.41, 5.74) is 0.421. The van der Waals surface area contributed by atoms with Crippen LogP contribution in [0.2, 0.25) is 0 Å². The molecule has 0 saturated carbocycles. The minimum absolute atomic E-state index is 0.211. The molecule has 0 radical (unpaired) electrons. The van der Waals surface area contributed by atoms with Gasteiger partial charge in [-0.05, 0) is 0 Å². The molecule has 60 valence electrons. The van der Waals surface area contributed by atoms with Crippen LogP contribution in [0.1, 0.15) is 0 Å². The van der Waals surface area contributed by atoms with E-state index in [-0.39, 0.29) is 11.0 Å². The number of fused-ring (bicyclic) bond motifs is 1. The SMILES string of the molecule is O=[n+]1ccn([O-])c2cnncc21. The fourth-order valence-corrected chi connectivity index (χ4v) is 0.930. The van der Waals surface area contributed by atoms with Gasteiger partial charge in [0.15, 0.2) is 0 Å². The third-order valence-corrected chi connectivity index (χ3v) is 1.50. The molecular formula is C6H4N4O2. The molecule has 0 N–H and O–H groups in total. The summed E-state index contributed by atoms with van der Waals surface area (Å²) >= 11 is 0. The van der Waals surface area contributed by atoms with Gasteiger partial charge in [-0.25, -0.2) is 0 Å². The lowest BCUT2D eigenvalue weighted by Gasteiger charge is -2.07. The summed E-state index contributed by atoms with van der Waals surface area (Å²) in [6, 6.07) is 0. The summed E-state index contributed by atoms with van der Waals surface area (Å²) in [5, 5.41) is 18.0. The van der Waals surface area contributed by atoms with Gasteiger partial charge in [0, 0.05) is 4.91 Å². The minimum atomic E-state index is 0.211. The Labute approximate surface area is 66.3 Å². The van der Waals surface area contributed by atoms with Crippen molar-refractivity contribution >= 4 is 11.0 Å². The van der Waals surface area contributed by atoms with E-state index in [0.29, 0.717) is 9.16 Å². The monoisotopic (exact) mass is 164 g/mol. The molecule has 0 aliphatic rings. The zero-order valence-electron chi connectivity index (χ0n) is 5.91. The Bertz CT molecular complexity index is 478. The van der Waals surface area contributed by atoms with Gasteiger partial charge in [0.2, 0.25) is 6.20 Å². The van der Waals surface area contributed by atoms with Gasteiger partial charge in [0.05, 0.1) is 16.8 Å². The van der Waals surface area contributed by atoms with Crippen molar-refractivity contribution in [1.29, 1.82) is 0 Å². The van der Waals surface area contributed by atoms with Crippen LogP contribution in [0.3, 0.4) is 0 Å². The first kappa shape index (κ1) is 6.71. The molecule has 2 aromatic heterocycles. The summed E-state index contributed by atoms with van der Waals surface area (Å²) in [4.78, 5) is 11.0. The van der Waals surface area contributed by atoms with E-state index < -0.39 is 0 Å². The molecular weight excluding hydrogens is 160 g/mol. The standard InChI is InChI=1S/C6H4N4O2/c11-9-1-2-10(12)6-4-8-7-3-5(6)9/h1-4H. The van der Waals surface area contributed by atoms with Gasteiger partial charge in [-0.3, -0.25) is 0 Å². The molecule has 0 aliphatic heterocycles. The van der Waals surface area contributed by atoms with Crippen molar-refractivity contribution in [1.82, 2.24) is 14.9 Å². The molecule has 0 aromatic carbocycles. The summed E-state index contributed by atoms with van der Waals surface area (Å²) in [5.74, 6) is 0. The number of nitrogens with zero attached hydrogens (tertiary/aromatic N) is 4. The van der Waals surface area contributed by atoms with Crippen LogP contribution >= 0.6 is 0 Å². The van der Waals surface area contributed by atoms with Gasteiger partial charge in [-0.1, -0.05) is 0 Å². The molecule has 2 rings (SSSR count). The third-order valence-electron chi connectivity index (χ3n) is 1.50. The second-order valence-corrected chi connectivity index (χ2v) is 2.21. The maximum atomic E-state index is 11.0. The van der Waals surface area contributed by atoms with Crippen LogP contribution in [0.15, 0.2) is 24.8 Å². The Kier molecular flexibility index (Phi) is 1.26. The van der Waals surface area contributed by atoms with E-state index in [1.807, 2.05) is 0 Å². The molecule has 2 heterocycles. The lowest BCUT2D eigenvalue weighted by Crippen LogP contribution is -2.16. The highest BCUT2D eigenvalue weighted by Crippen LogP contribution is 2.02. The fraction of sp³-hybridized carbons (Fsp3) is 0. The first-order valence-corrected chi connectivity index (χ1v) is 3.21. The van der Waals surface area contributed by atoms with Gasteiger partial charge in [-0.2, -0.15) is 10.2 Å². The van der Waals surface area contributed by atoms with E-state index in [1.165, 1.54) is 12.4 Å².